The van der Waals surface area contributed by atoms with Gasteiger partial charge in [-0.15, -0.1) is 0 Å². The molecule has 3 aliphatic carbocycles. The Bertz CT molecular complexity index is 4100. The fourth-order valence-corrected chi connectivity index (χ4v) is 13.6. The van der Waals surface area contributed by atoms with Gasteiger partial charge in [0.25, 0.3) is 0 Å². The van der Waals surface area contributed by atoms with Gasteiger partial charge in [0.15, 0.2) is 0 Å². The average Bonchev–Trinajstić information content (AvgIpc) is 3.70. The molecule has 4 nitrogen and oxygen atoms in total. The molecule has 0 amide bonds. The minimum Gasteiger partial charge on any atom is -0.345 e. The zero-order valence-corrected chi connectivity index (χ0v) is 42.8. The highest BCUT2D eigenvalue weighted by atomic mass is 15.3. The largest absolute Gasteiger partial charge is 0.345 e. The van der Waals surface area contributed by atoms with Gasteiger partial charge in [-0.25, -0.2) is 0 Å². The summed E-state index contributed by atoms with van der Waals surface area (Å²) in [7, 11) is 4.42. The molecule has 10 aromatic carbocycles. The molecule has 5 aliphatic rings. The summed E-state index contributed by atoms with van der Waals surface area (Å²) < 4.78 is 0. The van der Waals surface area contributed by atoms with Crippen molar-refractivity contribution in [3.63, 3.8) is 0 Å². The van der Waals surface area contributed by atoms with E-state index in [1.54, 1.807) is 0 Å². The van der Waals surface area contributed by atoms with Crippen LogP contribution in [-0.2, 0) is 11.8 Å². The van der Waals surface area contributed by atoms with Crippen molar-refractivity contribution >= 4 is 73.1 Å². The summed E-state index contributed by atoms with van der Waals surface area (Å²) in [6.07, 6.45) is 12.4. The fraction of sp³-hybridized carbons (Fsp3) is 0.127. The van der Waals surface area contributed by atoms with Crippen molar-refractivity contribution in [1.82, 2.24) is 0 Å². The summed E-state index contributed by atoms with van der Waals surface area (Å²) in [6, 6.07) is 75.9. The number of hydrogen-bond donors (Lipinski definition) is 0. The Balaban J connectivity index is 1.03. The van der Waals surface area contributed by atoms with Gasteiger partial charge < -0.3 is 19.6 Å². The molecule has 10 aromatic rings. The van der Waals surface area contributed by atoms with Crippen LogP contribution in [0.2, 0.25) is 0 Å². The average molecular weight is 965 g/mol. The predicted molar refractivity (Wildman–Crippen MR) is 317 cm³/mol. The molecule has 2 aliphatic heterocycles. The van der Waals surface area contributed by atoms with Crippen LogP contribution in [0.25, 0.3) is 61.0 Å². The van der Waals surface area contributed by atoms with Gasteiger partial charge in [-0.05, 0) is 175 Å². The lowest BCUT2D eigenvalue weighted by atomic mass is 9.80. The summed E-state index contributed by atoms with van der Waals surface area (Å²) in [5, 5.41) is 4.93. The van der Waals surface area contributed by atoms with E-state index in [1.165, 1.54) is 117 Å². The summed E-state index contributed by atoms with van der Waals surface area (Å²) in [5.74, 6) is 0.263. The Morgan fingerprint density at radius 2 is 1.04 bits per heavy atom. The summed E-state index contributed by atoms with van der Waals surface area (Å²) in [5.41, 5.74) is 26.2. The van der Waals surface area contributed by atoms with Crippen LogP contribution in [0.15, 0.2) is 230 Å². The first-order chi connectivity index (χ1) is 36.8. The van der Waals surface area contributed by atoms with Gasteiger partial charge in [-0.1, -0.05) is 166 Å². The molecule has 75 heavy (non-hydrogen) atoms. The first-order valence-corrected chi connectivity index (χ1v) is 26.7. The fourth-order valence-electron chi connectivity index (χ4n) is 13.6. The lowest BCUT2D eigenvalue weighted by Gasteiger charge is -2.41. The van der Waals surface area contributed by atoms with E-state index in [9.17, 15) is 0 Å². The second-order valence-corrected chi connectivity index (χ2v) is 21.7. The molecule has 0 fully saturated rings. The molecule has 0 saturated heterocycles. The van der Waals surface area contributed by atoms with Crippen LogP contribution in [0.5, 0.6) is 0 Å². The van der Waals surface area contributed by atoms with Gasteiger partial charge in [-0.2, -0.15) is 0 Å². The van der Waals surface area contributed by atoms with Gasteiger partial charge in [0, 0.05) is 42.5 Å². The van der Waals surface area contributed by atoms with Crippen LogP contribution in [0.4, 0.5) is 45.5 Å². The van der Waals surface area contributed by atoms with Crippen molar-refractivity contribution in [2.75, 3.05) is 33.7 Å². The zero-order valence-electron chi connectivity index (χ0n) is 42.8. The Kier molecular flexibility index (Phi) is 9.66. The van der Waals surface area contributed by atoms with Crippen molar-refractivity contribution in [3.8, 4) is 33.4 Å². The lowest BCUT2D eigenvalue weighted by Crippen LogP contribution is -2.32. The number of allylic oxidation sites excluding steroid dienone is 4. The standard InChI is InChI=1S/C71H56N4/c1-71(2)59-23-8-7-22-53(59)54-37-34-50(42-60(54)71)70-56-39-36-51(74-65-28-13-9-24-61(65)72(3)62-25-10-14-29-66(62)74)43-57(56)69(49-21-17-20-47(41-49)48-33-32-45-18-5-6-19-46(45)40-48)55-38-35-52(44-58(55)70)75-67-30-15-11-26-63(67)73(4)64-27-12-16-31-68(64)75/h5-11,13-26,28-39,41-44,48H,12,27,40H2,1-4H3. The Morgan fingerprint density at radius 1 is 0.453 bits per heavy atom. The molecule has 360 valence electrons. The highest BCUT2D eigenvalue weighted by Gasteiger charge is 2.37. The van der Waals surface area contributed by atoms with Crippen LogP contribution in [0.3, 0.4) is 0 Å². The van der Waals surface area contributed by atoms with Crippen LogP contribution in [0.1, 0.15) is 60.4 Å². The molecule has 0 aromatic heterocycles. The minimum absolute atomic E-state index is 0.164. The maximum atomic E-state index is 2.53. The monoisotopic (exact) mass is 964 g/mol. The third kappa shape index (κ3) is 6.55. The van der Waals surface area contributed by atoms with Gasteiger partial charge >= 0.3 is 0 Å². The molecular formula is C71H56N4. The molecule has 2 heterocycles. The van der Waals surface area contributed by atoms with Crippen LogP contribution in [-0.4, -0.2) is 14.1 Å². The highest BCUT2D eigenvalue weighted by Crippen LogP contribution is 2.56. The van der Waals surface area contributed by atoms with Crippen molar-refractivity contribution in [1.29, 1.82) is 0 Å². The molecule has 0 spiro atoms. The summed E-state index contributed by atoms with van der Waals surface area (Å²) in [6.45, 7) is 4.80. The third-order valence-electron chi connectivity index (χ3n) is 17.3. The van der Waals surface area contributed by atoms with E-state index in [1.807, 2.05) is 0 Å². The normalized spacial score (nSPS) is 16.6. The topological polar surface area (TPSA) is 13.0 Å². The summed E-state index contributed by atoms with van der Waals surface area (Å²) >= 11 is 0. The number of benzene rings is 10. The van der Waals surface area contributed by atoms with E-state index in [4.69, 9.17) is 0 Å². The van der Waals surface area contributed by atoms with Crippen molar-refractivity contribution in [2.45, 2.75) is 44.4 Å². The zero-order chi connectivity index (χ0) is 50.1. The van der Waals surface area contributed by atoms with E-state index in [0.717, 1.165) is 42.0 Å². The van der Waals surface area contributed by atoms with Crippen LogP contribution >= 0.6 is 0 Å². The molecule has 0 radical (unpaired) electrons. The predicted octanol–water partition coefficient (Wildman–Crippen LogP) is 18.7. The third-order valence-corrected chi connectivity index (χ3v) is 17.3. The number of rotatable bonds is 5. The van der Waals surface area contributed by atoms with E-state index in [0.29, 0.717) is 0 Å². The van der Waals surface area contributed by atoms with Crippen molar-refractivity contribution in [2.24, 2.45) is 0 Å². The molecule has 0 saturated carbocycles. The Morgan fingerprint density at radius 3 is 1.76 bits per heavy atom. The Hall–Kier alpha value is -8.86. The number of fused-ring (bicyclic) bond motifs is 9. The van der Waals surface area contributed by atoms with E-state index < -0.39 is 0 Å². The second-order valence-electron chi connectivity index (χ2n) is 21.7. The van der Waals surface area contributed by atoms with Gasteiger partial charge in [0.1, 0.15) is 0 Å². The SMILES string of the molecule is CN1C2=C(C=CCC2)N(c2ccc3c(-c4cccc(C5C=Cc6ccccc6C5)c4)c4cc(N5c6ccccc6N(C)c6ccccc65)ccc4c(-c4ccc5c(c4)C(C)(C)c4ccccc4-5)c3c2)c2ccccc21. The van der Waals surface area contributed by atoms with E-state index in [2.05, 4.69) is 272 Å². The number of hydrogen-bond acceptors (Lipinski definition) is 4. The lowest BCUT2D eigenvalue weighted by molar-refractivity contribution is 0.660. The second kappa shape index (κ2) is 16.6. The first kappa shape index (κ1) is 43.7. The number of para-hydroxylation sites is 6. The number of anilines is 8. The van der Waals surface area contributed by atoms with Gasteiger partial charge in [0.2, 0.25) is 0 Å². The minimum atomic E-state index is -0.164. The van der Waals surface area contributed by atoms with E-state index >= 15 is 0 Å². The van der Waals surface area contributed by atoms with Gasteiger partial charge in [0.05, 0.1) is 39.8 Å². The maximum absolute atomic E-state index is 2.53. The smallest absolute Gasteiger partial charge is 0.0699 e. The quantitative estimate of drug-likeness (QED) is 0.159. The molecule has 1 unspecified atom stereocenters. The first-order valence-electron chi connectivity index (χ1n) is 26.7. The molecule has 4 heteroatoms. The maximum Gasteiger partial charge on any atom is 0.0699 e. The van der Waals surface area contributed by atoms with Crippen LogP contribution < -0.4 is 19.6 Å². The molecule has 1 atom stereocenters. The van der Waals surface area contributed by atoms with Crippen molar-refractivity contribution in [3.05, 3.63) is 258 Å². The van der Waals surface area contributed by atoms with Crippen LogP contribution in [0, 0.1) is 0 Å². The Labute approximate surface area is 440 Å². The highest BCUT2D eigenvalue weighted by molar-refractivity contribution is 6.23. The summed E-state index contributed by atoms with van der Waals surface area (Å²) in [4.78, 5) is 9.74. The molecule has 15 rings (SSSR count). The molecule has 0 N–H and O–H groups in total. The van der Waals surface area contributed by atoms with Crippen molar-refractivity contribution < 1.29 is 0 Å². The number of nitrogens with zero attached hydrogens (tertiary/aromatic N) is 4. The molecular weight excluding hydrogens is 909 g/mol. The van der Waals surface area contributed by atoms with Gasteiger partial charge in [-0.3, -0.25) is 0 Å². The van der Waals surface area contributed by atoms with E-state index in [-0.39, 0.29) is 11.3 Å². The molecule has 0 bridgehead atoms.